The molecule has 126 valence electrons. The van der Waals surface area contributed by atoms with E-state index in [1.165, 1.54) is 4.90 Å². The smallest absolute Gasteiger partial charge is 0.325 e. The zero-order valence-corrected chi connectivity index (χ0v) is 13.7. The second-order valence-corrected chi connectivity index (χ2v) is 6.48. The third-order valence-electron chi connectivity index (χ3n) is 3.97. The van der Waals surface area contributed by atoms with Gasteiger partial charge < -0.3 is 10.4 Å². The van der Waals surface area contributed by atoms with Gasteiger partial charge in [-0.05, 0) is 26.7 Å². The molecule has 0 bridgehead atoms. The van der Waals surface area contributed by atoms with E-state index in [1.54, 1.807) is 13.8 Å². The van der Waals surface area contributed by atoms with E-state index >= 15 is 0 Å². The van der Waals surface area contributed by atoms with Crippen molar-refractivity contribution in [1.82, 2.24) is 10.2 Å². The van der Waals surface area contributed by atoms with Gasteiger partial charge in [0.05, 0.1) is 0 Å². The Hall–Kier alpha value is -1.59. The van der Waals surface area contributed by atoms with Crippen molar-refractivity contribution in [2.24, 2.45) is 0 Å². The Morgan fingerprint density at radius 1 is 1.00 bits per heavy atom. The lowest BCUT2D eigenvalue weighted by molar-refractivity contribution is -0.137. The minimum Gasteiger partial charge on any atom is -0.481 e. The van der Waals surface area contributed by atoms with Crippen LogP contribution in [-0.2, 0) is 9.59 Å². The van der Waals surface area contributed by atoms with Crippen LogP contribution < -0.4 is 5.32 Å². The molecule has 1 fully saturated rings. The van der Waals surface area contributed by atoms with E-state index < -0.39 is 11.5 Å². The fraction of sp³-hybridized carbons (Fsp3) is 0.812. The van der Waals surface area contributed by atoms with Gasteiger partial charge in [0.1, 0.15) is 5.54 Å². The van der Waals surface area contributed by atoms with Gasteiger partial charge in [0, 0.05) is 13.0 Å². The Kier molecular flexibility index (Phi) is 7.35. The number of unbranched alkanes of at least 4 members (excludes halogenated alkanes) is 7. The highest BCUT2D eigenvalue weighted by Crippen LogP contribution is 2.17. The Bertz CT molecular complexity index is 407. The number of rotatable bonds is 11. The third-order valence-corrected chi connectivity index (χ3v) is 3.97. The molecule has 22 heavy (non-hydrogen) atoms. The van der Waals surface area contributed by atoms with Crippen LogP contribution in [0.25, 0.3) is 0 Å². The molecule has 0 saturated carbocycles. The molecule has 3 amide bonds. The van der Waals surface area contributed by atoms with Crippen LogP contribution in [0, 0.1) is 0 Å². The highest BCUT2D eigenvalue weighted by molar-refractivity contribution is 6.06. The first-order valence-corrected chi connectivity index (χ1v) is 8.20. The lowest BCUT2D eigenvalue weighted by atomic mass is 10.1. The molecule has 0 spiro atoms. The molecule has 6 heteroatoms. The number of nitrogens with one attached hydrogen (secondary N) is 1. The van der Waals surface area contributed by atoms with Crippen molar-refractivity contribution >= 4 is 17.9 Å². The van der Waals surface area contributed by atoms with E-state index in [0.717, 1.165) is 51.4 Å². The number of aliphatic carboxylic acids is 1. The lowest BCUT2D eigenvalue weighted by Gasteiger charge is -2.15. The highest BCUT2D eigenvalue weighted by Gasteiger charge is 2.43. The number of hydrogen-bond donors (Lipinski definition) is 2. The molecule has 1 aliphatic heterocycles. The quantitative estimate of drug-likeness (QED) is 0.453. The molecule has 0 unspecified atom stereocenters. The standard InChI is InChI=1S/C16H28N2O4/c1-16(2)14(21)18(15(22)17-16)12-10-8-6-4-3-5-7-9-11-13(19)20/h3-12H2,1-2H3,(H,17,22)(H,19,20). The van der Waals surface area contributed by atoms with Crippen molar-refractivity contribution in [2.45, 2.75) is 77.2 Å². The predicted octanol–water partition coefficient (Wildman–Crippen LogP) is 2.91. The van der Waals surface area contributed by atoms with Crippen LogP contribution in [0.15, 0.2) is 0 Å². The number of carbonyl (C=O) groups is 3. The van der Waals surface area contributed by atoms with Crippen LogP contribution in [0.1, 0.15) is 71.6 Å². The number of carbonyl (C=O) groups excluding carboxylic acids is 2. The molecule has 1 aliphatic rings. The maximum absolute atomic E-state index is 12.0. The molecule has 1 saturated heterocycles. The molecule has 0 aromatic heterocycles. The van der Waals surface area contributed by atoms with Crippen LogP contribution in [0.5, 0.6) is 0 Å². The van der Waals surface area contributed by atoms with Gasteiger partial charge in [0.15, 0.2) is 0 Å². The van der Waals surface area contributed by atoms with Crippen molar-refractivity contribution in [3.05, 3.63) is 0 Å². The molecule has 2 N–H and O–H groups in total. The van der Waals surface area contributed by atoms with Gasteiger partial charge >= 0.3 is 12.0 Å². The summed E-state index contributed by atoms with van der Waals surface area (Å²) in [4.78, 5) is 35.3. The molecular weight excluding hydrogens is 284 g/mol. The highest BCUT2D eigenvalue weighted by atomic mass is 16.4. The normalized spacial score (nSPS) is 16.9. The van der Waals surface area contributed by atoms with Crippen LogP contribution in [-0.4, -0.2) is 40.0 Å². The monoisotopic (exact) mass is 312 g/mol. The number of imide groups is 1. The van der Waals surface area contributed by atoms with Crippen molar-refractivity contribution in [2.75, 3.05) is 6.54 Å². The fourth-order valence-corrected chi connectivity index (χ4v) is 2.63. The molecule has 0 aromatic carbocycles. The molecule has 6 nitrogen and oxygen atoms in total. The predicted molar refractivity (Wildman–Crippen MR) is 83.5 cm³/mol. The Morgan fingerprint density at radius 2 is 1.50 bits per heavy atom. The SMILES string of the molecule is CC1(C)NC(=O)N(CCCCCCCCCCC(=O)O)C1=O. The number of urea groups is 1. The minimum atomic E-state index is -0.771. The first-order valence-electron chi connectivity index (χ1n) is 8.20. The largest absolute Gasteiger partial charge is 0.481 e. The van der Waals surface area contributed by atoms with E-state index in [-0.39, 0.29) is 18.4 Å². The molecule has 1 rings (SSSR count). The Morgan fingerprint density at radius 3 is 1.95 bits per heavy atom. The van der Waals surface area contributed by atoms with E-state index in [9.17, 15) is 14.4 Å². The van der Waals surface area contributed by atoms with Gasteiger partial charge in [0.25, 0.3) is 5.91 Å². The summed E-state index contributed by atoms with van der Waals surface area (Å²) in [6.45, 7) is 3.93. The second-order valence-electron chi connectivity index (χ2n) is 6.48. The average molecular weight is 312 g/mol. The van der Waals surface area contributed by atoms with E-state index in [0.29, 0.717) is 6.54 Å². The van der Waals surface area contributed by atoms with E-state index in [4.69, 9.17) is 5.11 Å². The van der Waals surface area contributed by atoms with Gasteiger partial charge in [-0.25, -0.2) is 4.79 Å². The molecule has 1 heterocycles. The third kappa shape index (κ3) is 6.03. The second kappa shape index (κ2) is 8.76. The Labute approximate surface area is 132 Å². The van der Waals surface area contributed by atoms with Crippen molar-refractivity contribution in [3.8, 4) is 0 Å². The van der Waals surface area contributed by atoms with E-state index in [1.807, 2.05) is 0 Å². The minimum absolute atomic E-state index is 0.143. The van der Waals surface area contributed by atoms with Gasteiger partial charge in [0.2, 0.25) is 0 Å². The molecule has 0 atom stereocenters. The number of nitrogens with zero attached hydrogens (tertiary/aromatic N) is 1. The summed E-state index contributed by atoms with van der Waals surface area (Å²) in [5.74, 6) is -0.861. The first-order chi connectivity index (χ1) is 10.3. The van der Waals surface area contributed by atoms with E-state index in [2.05, 4.69) is 5.32 Å². The fourth-order valence-electron chi connectivity index (χ4n) is 2.63. The molecule has 0 radical (unpaired) electrons. The zero-order valence-electron chi connectivity index (χ0n) is 13.7. The first kappa shape index (κ1) is 18.5. The zero-order chi connectivity index (χ0) is 16.6. The summed E-state index contributed by atoms with van der Waals surface area (Å²) in [7, 11) is 0. The van der Waals surface area contributed by atoms with Gasteiger partial charge in [-0.3, -0.25) is 14.5 Å². The molecular formula is C16H28N2O4. The van der Waals surface area contributed by atoms with Gasteiger partial charge in [-0.2, -0.15) is 0 Å². The van der Waals surface area contributed by atoms with Gasteiger partial charge in [-0.15, -0.1) is 0 Å². The van der Waals surface area contributed by atoms with Crippen LogP contribution in [0.3, 0.4) is 0 Å². The van der Waals surface area contributed by atoms with Crippen LogP contribution in [0.4, 0.5) is 4.79 Å². The topological polar surface area (TPSA) is 86.7 Å². The van der Waals surface area contributed by atoms with Crippen molar-refractivity contribution < 1.29 is 19.5 Å². The maximum Gasteiger partial charge on any atom is 0.325 e. The summed E-state index contributed by atoms with van der Waals surface area (Å²) in [6.07, 6.45) is 8.26. The summed E-state index contributed by atoms with van der Waals surface area (Å²) >= 11 is 0. The summed E-state index contributed by atoms with van der Waals surface area (Å²) in [5, 5.41) is 11.2. The molecule has 0 aliphatic carbocycles. The summed E-state index contributed by atoms with van der Waals surface area (Å²) in [5.41, 5.74) is -0.771. The number of hydrogen-bond acceptors (Lipinski definition) is 3. The lowest BCUT2D eigenvalue weighted by Crippen LogP contribution is -2.40. The van der Waals surface area contributed by atoms with Crippen LogP contribution >= 0.6 is 0 Å². The van der Waals surface area contributed by atoms with Crippen molar-refractivity contribution in [3.63, 3.8) is 0 Å². The summed E-state index contributed by atoms with van der Waals surface area (Å²) < 4.78 is 0. The summed E-state index contributed by atoms with van der Waals surface area (Å²) in [6, 6.07) is -0.284. The molecule has 0 aromatic rings. The average Bonchev–Trinajstić information content (AvgIpc) is 2.61. The maximum atomic E-state index is 12.0. The number of amides is 3. The number of carboxylic acid groups (broad SMARTS) is 1. The van der Waals surface area contributed by atoms with Crippen molar-refractivity contribution in [1.29, 1.82) is 0 Å². The number of carboxylic acids is 1. The van der Waals surface area contributed by atoms with Crippen LogP contribution in [0.2, 0.25) is 0 Å². The Balaban J connectivity index is 1.99. The van der Waals surface area contributed by atoms with Gasteiger partial charge in [-0.1, -0.05) is 38.5 Å².